The summed E-state index contributed by atoms with van der Waals surface area (Å²) in [6.07, 6.45) is 6.73. The molecule has 1 saturated heterocycles. The Balaban J connectivity index is 0.00000320. The SMILES string of the molecule is CN(C)C1CCN(CC=CCOc2ccc(C(=O)c3ccc(Br)cc3)cc2)CC1.Cl. The summed E-state index contributed by atoms with van der Waals surface area (Å²) in [6, 6.07) is 15.5. The fraction of sp³-hybridized carbons (Fsp3) is 0.375. The van der Waals surface area contributed by atoms with Crippen molar-refractivity contribution in [3.05, 3.63) is 76.3 Å². The van der Waals surface area contributed by atoms with E-state index < -0.39 is 0 Å². The number of benzene rings is 2. The molecule has 1 fully saturated rings. The highest BCUT2D eigenvalue weighted by Crippen LogP contribution is 2.18. The van der Waals surface area contributed by atoms with Crippen LogP contribution in [0.4, 0.5) is 0 Å². The van der Waals surface area contributed by atoms with E-state index in [2.05, 4.69) is 52.0 Å². The average molecular weight is 494 g/mol. The predicted molar refractivity (Wildman–Crippen MR) is 129 cm³/mol. The molecule has 0 unspecified atom stereocenters. The molecule has 0 saturated carbocycles. The second kappa shape index (κ2) is 12.3. The fourth-order valence-electron chi connectivity index (χ4n) is 3.52. The zero-order valence-corrected chi connectivity index (χ0v) is 20.0. The van der Waals surface area contributed by atoms with Crippen molar-refractivity contribution in [1.82, 2.24) is 9.80 Å². The monoisotopic (exact) mass is 492 g/mol. The molecule has 3 rings (SSSR count). The molecule has 0 atom stereocenters. The van der Waals surface area contributed by atoms with Crippen LogP contribution in [0.15, 0.2) is 65.2 Å². The summed E-state index contributed by atoms with van der Waals surface area (Å²) in [5.41, 5.74) is 1.34. The Bertz CT molecular complexity index is 814. The van der Waals surface area contributed by atoms with Crippen LogP contribution in [0.5, 0.6) is 5.75 Å². The lowest BCUT2D eigenvalue weighted by atomic mass is 10.0. The molecule has 1 aliphatic heterocycles. The smallest absolute Gasteiger partial charge is 0.193 e. The second-order valence-corrected chi connectivity index (χ2v) is 8.55. The van der Waals surface area contributed by atoms with Crippen LogP contribution in [0, 0.1) is 0 Å². The molecular weight excluding hydrogens is 464 g/mol. The van der Waals surface area contributed by atoms with E-state index in [0.29, 0.717) is 17.7 Å². The zero-order chi connectivity index (χ0) is 20.6. The first-order valence-electron chi connectivity index (χ1n) is 10.1. The third kappa shape index (κ3) is 7.24. The molecule has 0 radical (unpaired) electrons. The molecule has 4 nitrogen and oxygen atoms in total. The average Bonchev–Trinajstić information content (AvgIpc) is 2.74. The van der Waals surface area contributed by atoms with Gasteiger partial charge in [-0.25, -0.2) is 0 Å². The number of hydrogen-bond acceptors (Lipinski definition) is 4. The van der Waals surface area contributed by atoms with Crippen molar-refractivity contribution in [3.63, 3.8) is 0 Å². The van der Waals surface area contributed by atoms with Crippen LogP contribution in [0.1, 0.15) is 28.8 Å². The number of ketones is 1. The first-order valence-corrected chi connectivity index (χ1v) is 10.9. The topological polar surface area (TPSA) is 32.8 Å². The van der Waals surface area contributed by atoms with Crippen LogP contribution in [0.25, 0.3) is 0 Å². The predicted octanol–water partition coefficient (Wildman–Crippen LogP) is 5.06. The Labute approximate surface area is 194 Å². The van der Waals surface area contributed by atoms with Crippen LogP contribution in [-0.4, -0.2) is 62.0 Å². The fourth-order valence-corrected chi connectivity index (χ4v) is 3.79. The van der Waals surface area contributed by atoms with Crippen LogP contribution >= 0.6 is 28.3 Å². The number of carbonyl (C=O) groups excluding carboxylic acids is 1. The standard InChI is InChI=1S/C24H29BrN2O2.ClH/c1-26(2)22-13-16-27(17-14-22)15-3-4-18-29-23-11-7-20(8-12-23)24(28)19-5-9-21(25)10-6-19;/h3-12,22H,13-18H2,1-2H3;1H. The van der Waals surface area contributed by atoms with Crippen molar-refractivity contribution in [1.29, 1.82) is 0 Å². The van der Waals surface area contributed by atoms with E-state index >= 15 is 0 Å². The largest absolute Gasteiger partial charge is 0.490 e. The molecule has 0 bridgehead atoms. The number of rotatable bonds is 8. The van der Waals surface area contributed by atoms with Crippen LogP contribution < -0.4 is 4.74 Å². The van der Waals surface area contributed by atoms with Gasteiger partial charge in [0.25, 0.3) is 0 Å². The van der Waals surface area contributed by atoms with E-state index in [1.165, 1.54) is 12.8 Å². The molecule has 0 spiro atoms. The molecule has 2 aromatic rings. The maximum Gasteiger partial charge on any atom is 0.193 e. The highest BCUT2D eigenvalue weighted by molar-refractivity contribution is 9.10. The summed E-state index contributed by atoms with van der Waals surface area (Å²) in [5, 5.41) is 0. The number of nitrogens with zero attached hydrogens (tertiary/aromatic N) is 2. The van der Waals surface area contributed by atoms with Gasteiger partial charge in [0.1, 0.15) is 12.4 Å². The molecule has 30 heavy (non-hydrogen) atoms. The van der Waals surface area contributed by atoms with Crippen molar-refractivity contribution in [2.75, 3.05) is 40.3 Å². The van der Waals surface area contributed by atoms with Crippen LogP contribution in [0.3, 0.4) is 0 Å². The third-order valence-corrected chi connectivity index (χ3v) is 5.92. The van der Waals surface area contributed by atoms with E-state index in [-0.39, 0.29) is 18.2 Å². The van der Waals surface area contributed by atoms with E-state index in [1.54, 1.807) is 0 Å². The van der Waals surface area contributed by atoms with Gasteiger partial charge in [0.05, 0.1) is 0 Å². The number of halogens is 2. The highest BCUT2D eigenvalue weighted by atomic mass is 79.9. The molecule has 2 aromatic carbocycles. The van der Waals surface area contributed by atoms with Crippen molar-refractivity contribution in [3.8, 4) is 5.75 Å². The number of ether oxygens (including phenoxy) is 1. The Kier molecular flexibility index (Phi) is 10.1. The van der Waals surface area contributed by atoms with Gasteiger partial charge in [-0.1, -0.05) is 28.1 Å². The second-order valence-electron chi connectivity index (χ2n) is 7.64. The molecule has 6 heteroatoms. The normalized spacial score (nSPS) is 15.3. The van der Waals surface area contributed by atoms with Crippen molar-refractivity contribution >= 4 is 34.1 Å². The van der Waals surface area contributed by atoms with Gasteiger partial charge in [0.15, 0.2) is 5.78 Å². The molecule has 0 amide bonds. The van der Waals surface area contributed by atoms with E-state index in [1.807, 2.05) is 48.5 Å². The Morgan fingerprint density at radius 1 is 1.03 bits per heavy atom. The minimum absolute atomic E-state index is 0. The first-order chi connectivity index (χ1) is 14.0. The number of hydrogen-bond donors (Lipinski definition) is 0. The summed E-state index contributed by atoms with van der Waals surface area (Å²) in [4.78, 5) is 17.3. The van der Waals surface area contributed by atoms with Gasteiger partial charge in [-0.05, 0) is 88.6 Å². The lowest BCUT2D eigenvalue weighted by Crippen LogP contribution is -2.41. The molecule has 0 aliphatic carbocycles. The minimum Gasteiger partial charge on any atom is -0.490 e. The molecule has 162 valence electrons. The van der Waals surface area contributed by atoms with E-state index in [4.69, 9.17) is 4.74 Å². The van der Waals surface area contributed by atoms with E-state index in [9.17, 15) is 4.79 Å². The van der Waals surface area contributed by atoms with Crippen LogP contribution in [0.2, 0.25) is 0 Å². The first kappa shape index (κ1) is 24.6. The Hall–Kier alpha value is -1.66. The summed E-state index contributed by atoms with van der Waals surface area (Å²) in [7, 11) is 4.33. The van der Waals surface area contributed by atoms with Crippen molar-refractivity contribution in [2.24, 2.45) is 0 Å². The number of carbonyl (C=O) groups is 1. The summed E-state index contributed by atoms with van der Waals surface area (Å²) < 4.78 is 6.73. The summed E-state index contributed by atoms with van der Waals surface area (Å²) >= 11 is 3.39. The maximum absolute atomic E-state index is 12.5. The molecule has 0 N–H and O–H groups in total. The molecule has 0 aromatic heterocycles. The summed E-state index contributed by atoms with van der Waals surface area (Å²) in [5.74, 6) is 0.788. The van der Waals surface area contributed by atoms with Gasteiger partial charge in [0, 0.05) is 28.2 Å². The molecular formula is C24H30BrClN2O2. The Morgan fingerprint density at radius 3 is 2.17 bits per heavy atom. The van der Waals surface area contributed by atoms with Gasteiger partial charge in [-0.2, -0.15) is 0 Å². The van der Waals surface area contributed by atoms with Crippen molar-refractivity contribution in [2.45, 2.75) is 18.9 Å². The van der Waals surface area contributed by atoms with Crippen LogP contribution in [-0.2, 0) is 0 Å². The number of likely N-dealkylation sites (tertiary alicyclic amines) is 1. The number of piperidine rings is 1. The zero-order valence-electron chi connectivity index (χ0n) is 17.6. The van der Waals surface area contributed by atoms with Gasteiger partial charge in [-0.15, -0.1) is 12.4 Å². The molecule has 1 aliphatic rings. The minimum atomic E-state index is 0. The molecule has 1 heterocycles. The van der Waals surface area contributed by atoms with Gasteiger partial charge < -0.3 is 9.64 Å². The lowest BCUT2D eigenvalue weighted by Gasteiger charge is -2.34. The van der Waals surface area contributed by atoms with Gasteiger partial charge >= 0.3 is 0 Å². The maximum atomic E-state index is 12.5. The quantitative estimate of drug-likeness (QED) is 0.380. The van der Waals surface area contributed by atoms with Gasteiger partial charge in [-0.3, -0.25) is 9.69 Å². The van der Waals surface area contributed by atoms with Crippen molar-refractivity contribution < 1.29 is 9.53 Å². The summed E-state index contributed by atoms with van der Waals surface area (Å²) in [6.45, 7) is 3.82. The highest BCUT2D eigenvalue weighted by Gasteiger charge is 2.19. The Morgan fingerprint density at radius 2 is 1.60 bits per heavy atom. The third-order valence-electron chi connectivity index (χ3n) is 5.39. The lowest BCUT2D eigenvalue weighted by molar-refractivity contribution is 0.103. The van der Waals surface area contributed by atoms with E-state index in [0.717, 1.165) is 35.9 Å². The van der Waals surface area contributed by atoms with Gasteiger partial charge in [0.2, 0.25) is 0 Å².